The van der Waals surface area contributed by atoms with Crippen LogP contribution in [0.2, 0.25) is 0 Å². The fourth-order valence-corrected chi connectivity index (χ4v) is 3.63. The van der Waals surface area contributed by atoms with Crippen molar-refractivity contribution in [2.75, 3.05) is 13.2 Å². The van der Waals surface area contributed by atoms with Crippen molar-refractivity contribution in [2.24, 2.45) is 0 Å². The van der Waals surface area contributed by atoms with E-state index in [9.17, 15) is 0 Å². The third-order valence-electron chi connectivity index (χ3n) is 5.58. The van der Waals surface area contributed by atoms with Crippen LogP contribution in [-0.4, -0.2) is 19.5 Å². The average molecular weight is 410 g/mol. The van der Waals surface area contributed by atoms with Gasteiger partial charge in [-0.25, -0.2) is 0 Å². The number of hydrogen-bond donors (Lipinski definition) is 0. The van der Waals surface area contributed by atoms with E-state index >= 15 is 0 Å². The van der Waals surface area contributed by atoms with E-state index in [1.807, 2.05) is 0 Å². The summed E-state index contributed by atoms with van der Waals surface area (Å²) >= 11 is 0. The molecule has 0 amide bonds. The van der Waals surface area contributed by atoms with E-state index in [0.29, 0.717) is 6.42 Å². The van der Waals surface area contributed by atoms with E-state index in [1.54, 1.807) is 0 Å². The highest BCUT2D eigenvalue weighted by molar-refractivity contribution is 4.68. The molecule has 3 nitrogen and oxygen atoms in total. The summed E-state index contributed by atoms with van der Waals surface area (Å²) in [6.45, 7) is 6.17. The molecule has 0 aromatic heterocycles. The molecule has 0 fully saturated rings. The molecule has 0 radical (unpaired) electrons. The van der Waals surface area contributed by atoms with Crippen LogP contribution in [0.15, 0.2) is 0 Å². The zero-order valence-electron chi connectivity index (χ0n) is 19.9. The molecule has 172 valence electrons. The number of unbranched alkanes of at least 4 members (excludes halogenated alkanes) is 16. The van der Waals surface area contributed by atoms with Crippen LogP contribution in [0.25, 0.3) is 0 Å². The number of nitriles is 1. The zero-order chi connectivity index (χ0) is 21.3. The second-order valence-corrected chi connectivity index (χ2v) is 8.52. The lowest BCUT2D eigenvalue weighted by Gasteiger charge is -2.18. The number of rotatable bonds is 24. The third-order valence-corrected chi connectivity index (χ3v) is 5.58. The first-order valence-corrected chi connectivity index (χ1v) is 12.9. The molecule has 29 heavy (non-hydrogen) atoms. The van der Waals surface area contributed by atoms with Gasteiger partial charge in [-0.2, -0.15) is 5.26 Å². The number of nitrogens with zero attached hydrogens (tertiary/aromatic N) is 1. The summed E-state index contributed by atoms with van der Waals surface area (Å²) in [6.07, 6.45) is 24.7. The number of ether oxygens (including phenoxy) is 2. The Morgan fingerprint density at radius 1 is 0.552 bits per heavy atom. The Hall–Kier alpha value is -0.590. The summed E-state index contributed by atoms with van der Waals surface area (Å²) in [4.78, 5) is 0. The van der Waals surface area contributed by atoms with Crippen LogP contribution in [0.1, 0.15) is 142 Å². The standard InChI is InChI=1S/C26H51NO2/c1-3-5-7-9-11-13-15-20-24-28-26(22-18-17-19-23-27)29-25-21-16-14-12-10-8-6-4-2/h26H,3-22,24-25H2,1-2H3. The highest BCUT2D eigenvalue weighted by atomic mass is 16.7. The fourth-order valence-electron chi connectivity index (χ4n) is 3.63. The lowest BCUT2D eigenvalue weighted by atomic mass is 10.1. The third kappa shape index (κ3) is 23.6. The first-order chi connectivity index (χ1) is 14.3. The van der Waals surface area contributed by atoms with Gasteiger partial charge in [0.05, 0.1) is 6.07 Å². The molecule has 0 bridgehead atoms. The molecule has 0 aliphatic rings. The average Bonchev–Trinajstić information content (AvgIpc) is 2.73. The van der Waals surface area contributed by atoms with Crippen LogP contribution in [0, 0.1) is 11.3 Å². The summed E-state index contributed by atoms with van der Waals surface area (Å²) in [5.74, 6) is 0. The lowest BCUT2D eigenvalue weighted by Crippen LogP contribution is -2.19. The highest BCUT2D eigenvalue weighted by Crippen LogP contribution is 2.13. The zero-order valence-corrected chi connectivity index (χ0v) is 19.9. The minimum atomic E-state index is -0.0669. The van der Waals surface area contributed by atoms with Crippen molar-refractivity contribution < 1.29 is 9.47 Å². The molecule has 0 aliphatic heterocycles. The van der Waals surface area contributed by atoms with Gasteiger partial charge < -0.3 is 9.47 Å². The predicted molar refractivity (Wildman–Crippen MR) is 125 cm³/mol. The van der Waals surface area contributed by atoms with E-state index in [-0.39, 0.29) is 6.29 Å². The van der Waals surface area contributed by atoms with Crippen molar-refractivity contribution >= 4 is 0 Å². The molecule has 3 heteroatoms. The van der Waals surface area contributed by atoms with Gasteiger partial charge in [-0.3, -0.25) is 0 Å². The molecule has 0 heterocycles. The Morgan fingerprint density at radius 2 is 0.966 bits per heavy atom. The van der Waals surface area contributed by atoms with Crippen molar-refractivity contribution in [1.82, 2.24) is 0 Å². The van der Waals surface area contributed by atoms with Crippen LogP contribution in [-0.2, 0) is 9.47 Å². The van der Waals surface area contributed by atoms with E-state index in [1.165, 1.54) is 89.9 Å². The molecule has 0 atom stereocenters. The SMILES string of the molecule is CCCCCCCCCCOC(CCCCC#N)OCCCCCCCCCC. The van der Waals surface area contributed by atoms with Gasteiger partial charge in [0, 0.05) is 19.6 Å². The van der Waals surface area contributed by atoms with E-state index < -0.39 is 0 Å². The first-order valence-electron chi connectivity index (χ1n) is 12.9. The largest absolute Gasteiger partial charge is 0.353 e. The molecule has 0 saturated heterocycles. The van der Waals surface area contributed by atoms with E-state index in [2.05, 4.69) is 19.9 Å². The summed E-state index contributed by atoms with van der Waals surface area (Å²) in [5, 5.41) is 8.70. The molecule has 0 N–H and O–H groups in total. The first kappa shape index (κ1) is 28.4. The highest BCUT2D eigenvalue weighted by Gasteiger charge is 2.09. The van der Waals surface area contributed by atoms with Crippen molar-refractivity contribution in [3.05, 3.63) is 0 Å². The van der Waals surface area contributed by atoms with Crippen LogP contribution < -0.4 is 0 Å². The van der Waals surface area contributed by atoms with Gasteiger partial charge in [-0.15, -0.1) is 0 Å². The summed E-state index contributed by atoms with van der Waals surface area (Å²) in [5.41, 5.74) is 0. The molecule has 0 saturated carbocycles. The molecule has 0 aromatic carbocycles. The van der Waals surface area contributed by atoms with Crippen molar-refractivity contribution in [1.29, 1.82) is 5.26 Å². The molecule has 0 aliphatic carbocycles. The maximum atomic E-state index is 8.70. The molecular weight excluding hydrogens is 358 g/mol. The Kier molecular flexibility index (Phi) is 24.9. The monoisotopic (exact) mass is 409 g/mol. The van der Waals surface area contributed by atoms with Gasteiger partial charge in [-0.1, -0.05) is 104 Å². The fraction of sp³-hybridized carbons (Fsp3) is 0.962. The summed E-state index contributed by atoms with van der Waals surface area (Å²) < 4.78 is 12.1. The normalized spacial score (nSPS) is 11.2. The van der Waals surface area contributed by atoms with Crippen molar-refractivity contribution in [3.63, 3.8) is 0 Å². The van der Waals surface area contributed by atoms with Gasteiger partial charge in [-0.05, 0) is 32.1 Å². The smallest absolute Gasteiger partial charge is 0.157 e. The van der Waals surface area contributed by atoms with Crippen molar-refractivity contribution in [2.45, 2.75) is 149 Å². The van der Waals surface area contributed by atoms with Gasteiger partial charge in [0.15, 0.2) is 6.29 Å². The Bertz CT molecular complexity index is 318. The van der Waals surface area contributed by atoms with Crippen LogP contribution >= 0.6 is 0 Å². The molecule has 0 rings (SSSR count). The molecule has 0 aromatic rings. The van der Waals surface area contributed by atoms with Gasteiger partial charge >= 0.3 is 0 Å². The molecule has 0 spiro atoms. The summed E-state index contributed by atoms with van der Waals surface area (Å²) in [7, 11) is 0. The lowest BCUT2D eigenvalue weighted by molar-refractivity contribution is -0.148. The number of hydrogen-bond acceptors (Lipinski definition) is 3. The Balaban J connectivity index is 3.71. The Labute approximate surface area is 182 Å². The minimum Gasteiger partial charge on any atom is -0.353 e. The maximum Gasteiger partial charge on any atom is 0.157 e. The van der Waals surface area contributed by atoms with E-state index in [4.69, 9.17) is 14.7 Å². The maximum absolute atomic E-state index is 8.70. The van der Waals surface area contributed by atoms with Crippen LogP contribution in [0.5, 0.6) is 0 Å². The second kappa shape index (κ2) is 25.4. The quantitative estimate of drug-likeness (QED) is 0.118. The predicted octanol–water partition coefficient (Wildman–Crippen LogP) is 8.71. The second-order valence-electron chi connectivity index (χ2n) is 8.52. The van der Waals surface area contributed by atoms with Gasteiger partial charge in [0.25, 0.3) is 0 Å². The minimum absolute atomic E-state index is 0.0669. The van der Waals surface area contributed by atoms with E-state index in [0.717, 1.165) is 45.3 Å². The van der Waals surface area contributed by atoms with Crippen molar-refractivity contribution in [3.8, 4) is 6.07 Å². The topological polar surface area (TPSA) is 42.2 Å². The Morgan fingerprint density at radius 3 is 1.38 bits per heavy atom. The molecule has 0 unspecified atom stereocenters. The summed E-state index contributed by atoms with van der Waals surface area (Å²) in [6, 6.07) is 2.23. The van der Waals surface area contributed by atoms with Gasteiger partial charge in [0.2, 0.25) is 0 Å². The van der Waals surface area contributed by atoms with Crippen LogP contribution in [0.4, 0.5) is 0 Å². The van der Waals surface area contributed by atoms with Gasteiger partial charge in [0.1, 0.15) is 0 Å². The molecular formula is C26H51NO2. The van der Waals surface area contributed by atoms with Crippen LogP contribution in [0.3, 0.4) is 0 Å².